The quantitative estimate of drug-likeness (QED) is 0.439. The minimum absolute atomic E-state index is 0.103. The fourth-order valence-electron chi connectivity index (χ4n) is 2.09. The Balaban J connectivity index is 2.60. The predicted molar refractivity (Wildman–Crippen MR) is 93.5 cm³/mol. The summed E-state index contributed by atoms with van der Waals surface area (Å²) in [7, 11) is 0. The van der Waals surface area contributed by atoms with E-state index in [0.717, 1.165) is 24.9 Å². The maximum atomic E-state index is 12.2. The van der Waals surface area contributed by atoms with Gasteiger partial charge in [0.25, 0.3) is 5.91 Å². The molecule has 0 fully saturated rings. The molecule has 23 heavy (non-hydrogen) atoms. The van der Waals surface area contributed by atoms with Crippen molar-refractivity contribution in [3.05, 3.63) is 47.2 Å². The largest absolute Gasteiger partial charge is 0.390 e. The third-order valence-corrected chi connectivity index (χ3v) is 3.71. The van der Waals surface area contributed by atoms with Crippen LogP contribution >= 0.6 is 0 Å². The number of nitrogens with one attached hydrogen (secondary N) is 2. The number of rotatable bonds is 8. The number of hydrogen-bond donors (Lipinski definition) is 2. The van der Waals surface area contributed by atoms with Gasteiger partial charge in [0.15, 0.2) is 0 Å². The molecule has 0 saturated carbocycles. The molecule has 1 amide bonds. The number of nitriles is 1. The number of hydrogen-bond acceptors (Lipinski definition) is 3. The lowest BCUT2D eigenvalue weighted by molar-refractivity contribution is -0.117. The van der Waals surface area contributed by atoms with E-state index in [1.807, 2.05) is 25.1 Å². The Bertz CT molecular complexity index is 567. The molecule has 1 aromatic rings. The molecule has 0 saturated heterocycles. The first-order chi connectivity index (χ1) is 11.0. The van der Waals surface area contributed by atoms with Crippen LogP contribution in [0.2, 0.25) is 0 Å². The summed E-state index contributed by atoms with van der Waals surface area (Å²) in [4.78, 5) is 12.2. The van der Waals surface area contributed by atoms with Crippen LogP contribution in [0.25, 0.3) is 0 Å². The van der Waals surface area contributed by atoms with Crippen molar-refractivity contribution >= 4 is 5.91 Å². The SMILES string of the molecule is CCc1ccc(C(C)NC(=O)/C(C#N)=C\NCCC(C)C)cc1. The summed E-state index contributed by atoms with van der Waals surface area (Å²) in [5.41, 5.74) is 2.39. The van der Waals surface area contributed by atoms with Crippen LogP contribution in [0.3, 0.4) is 0 Å². The summed E-state index contributed by atoms with van der Waals surface area (Å²) in [6, 6.07) is 9.97. The van der Waals surface area contributed by atoms with E-state index in [2.05, 4.69) is 43.5 Å². The molecule has 1 rings (SSSR count). The molecule has 0 aliphatic rings. The van der Waals surface area contributed by atoms with Crippen molar-refractivity contribution in [3.63, 3.8) is 0 Å². The van der Waals surface area contributed by atoms with Gasteiger partial charge in [-0.3, -0.25) is 4.79 Å². The Hall–Kier alpha value is -2.28. The maximum absolute atomic E-state index is 12.2. The number of amides is 1. The molecule has 0 aliphatic heterocycles. The van der Waals surface area contributed by atoms with E-state index in [-0.39, 0.29) is 17.5 Å². The second-order valence-corrected chi connectivity index (χ2v) is 6.10. The van der Waals surface area contributed by atoms with Gasteiger partial charge >= 0.3 is 0 Å². The molecule has 1 unspecified atom stereocenters. The molecule has 2 N–H and O–H groups in total. The van der Waals surface area contributed by atoms with E-state index in [0.29, 0.717) is 5.92 Å². The zero-order chi connectivity index (χ0) is 17.2. The maximum Gasteiger partial charge on any atom is 0.263 e. The molecule has 0 aromatic heterocycles. The Morgan fingerprint density at radius 2 is 1.91 bits per heavy atom. The van der Waals surface area contributed by atoms with Gasteiger partial charge in [-0.05, 0) is 36.8 Å². The zero-order valence-corrected chi connectivity index (χ0v) is 14.5. The summed E-state index contributed by atoms with van der Waals surface area (Å²) in [6.45, 7) is 9.05. The average molecular weight is 313 g/mol. The van der Waals surface area contributed by atoms with Gasteiger partial charge in [0, 0.05) is 12.7 Å². The average Bonchev–Trinajstić information content (AvgIpc) is 2.54. The lowest BCUT2D eigenvalue weighted by atomic mass is 10.0. The number of carbonyl (C=O) groups is 1. The van der Waals surface area contributed by atoms with E-state index < -0.39 is 0 Å². The van der Waals surface area contributed by atoms with Crippen molar-refractivity contribution in [2.24, 2.45) is 5.92 Å². The van der Waals surface area contributed by atoms with Crippen molar-refractivity contribution < 1.29 is 4.79 Å². The van der Waals surface area contributed by atoms with Crippen LogP contribution in [0.5, 0.6) is 0 Å². The number of aryl methyl sites for hydroxylation is 1. The van der Waals surface area contributed by atoms with Crippen LogP contribution in [0.15, 0.2) is 36.0 Å². The molecule has 124 valence electrons. The van der Waals surface area contributed by atoms with Crippen LogP contribution in [0, 0.1) is 17.2 Å². The first kappa shape index (κ1) is 18.8. The van der Waals surface area contributed by atoms with Gasteiger partial charge < -0.3 is 10.6 Å². The highest BCUT2D eigenvalue weighted by Crippen LogP contribution is 2.14. The summed E-state index contributed by atoms with van der Waals surface area (Å²) >= 11 is 0. The molecule has 4 nitrogen and oxygen atoms in total. The molecule has 0 bridgehead atoms. The van der Waals surface area contributed by atoms with Gasteiger partial charge in [-0.25, -0.2) is 0 Å². The summed E-state index contributed by atoms with van der Waals surface area (Å²) in [6.07, 6.45) is 3.49. The Labute approximate surface area is 139 Å². The van der Waals surface area contributed by atoms with Gasteiger partial charge in [-0.1, -0.05) is 45.0 Å². The van der Waals surface area contributed by atoms with Crippen molar-refractivity contribution in [1.82, 2.24) is 10.6 Å². The molecule has 4 heteroatoms. The molecule has 0 aliphatic carbocycles. The first-order valence-corrected chi connectivity index (χ1v) is 8.21. The van der Waals surface area contributed by atoms with E-state index >= 15 is 0 Å². The van der Waals surface area contributed by atoms with Crippen LogP contribution in [-0.4, -0.2) is 12.5 Å². The van der Waals surface area contributed by atoms with Crippen LogP contribution in [-0.2, 0) is 11.2 Å². The highest BCUT2D eigenvalue weighted by atomic mass is 16.1. The number of benzene rings is 1. The summed E-state index contributed by atoms with van der Waals surface area (Å²) in [5.74, 6) is 0.234. The Morgan fingerprint density at radius 3 is 2.43 bits per heavy atom. The van der Waals surface area contributed by atoms with Gasteiger partial charge in [0.1, 0.15) is 11.6 Å². The van der Waals surface area contributed by atoms with Crippen molar-refractivity contribution in [3.8, 4) is 6.07 Å². The molecule has 1 atom stereocenters. The third-order valence-electron chi connectivity index (χ3n) is 3.71. The van der Waals surface area contributed by atoms with Gasteiger partial charge in [-0.2, -0.15) is 5.26 Å². The second kappa shape index (κ2) is 9.68. The molecular weight excluding hydrogens is 286 g/mol. The Kier molecular flexibility index (Phi) is 7.90. The van der Waals surface area contributed by atoms with Gasteiger partial charge in [0.05, 0.1) is 6.04 Å². The molecule has 0 heterocycles. The second-order valence-electron chi connectivity index (χ2n) is 6.10. The normalized spacial score (nSPS) is 12.6. The number of nitrogens with zero attached hydrogens (tertiary/aromatic N) is 1. The molecule has 0 radical (unpaired) electrons. The lowest BCUT2D eigenvalue weighted by Gasteiger charge is -2.14. The van der Waals surface area contributed by atoms with Crippen molar-refractivity contribution in [2.75, 3.05) is 6.54 Å². The fraction of sp³-hybridized carbons (Fsp3) is 0.474. The lowest BCUT2D eigenvalue weighted by Crippen LogP contribution is -2.28. The van der Waals surface area contributed by atoms with Gasteiger partial charge in [0.2, 0.25) is 0 Å². The summed E-state index contributed by atoms with van der Waals surface area (Å²) < 4.78 is 0. The zero-order valence-electron chi connectivity index (χ0n) is 14.5. The fourth-order valence-corrected chi connectivity index (χ4v) is 2.09. The van der Waals surface area contributed by atoms with E-state index in [9.17, 15) is 4.79 Å². The highest BCUT2D eigenvalue weighted by Gasteiger charge is 2.13. The molecule has 0 spiro atoms. The first-order valence-electron chi connectivity index (χ1n) is 8.21. The third kappa shape index (κ3) is 6.56. The Morgan fingerprint density at radius 1 is 1.26 bits per heavy atom. The number of carbonyl (C=O) groups excluding carboxylic acids is 1. The van der Waals surface area contributed by atoms with E-state index in [1.54, 1.807) is 0 Å². The minimum Gasteiger partial charge on any atom is -0.390 e. The standard InChI is InChI=1S/C19H27N3O/c1-5-16-6-8-17(9-7-16)15(4)22-19(23)18(12-20)13-21-11-10-14(2)3/h6-9,13-15,21H,5,10-11H2,1-4H3,(H,22,23)/b18-13-. The molecular formula is C19H27N3O. The van der Waals surface area contributed by atoms with Crippen LogP contribution in [0.4, 0.5) is 0 Å². The minimum atomic E-state index is -0.350. The van der Waals surface area contributed by atoms with E-state index in [4.69, 9.17) is 5.26 Å². The van der Waals surface area contributed by atoms with Crippen LogP contribution < -0.4 is 10.6 Å². The monoisotopic (exact) mass is 313 g/mol. The summed E-state index contributed by atoms with van der Waals surface area (Å²) in [5, 5.41) is 15.0. The topological polar surface area (TPSA) is 64.9 Å². The van der Waals surface area contributed by atoms with Crippen LogP contribution in [0.1, 0.15) is 51.3 Å². The van der Waals surface area contributed by atoms with Gasteiger partial charge in [-0.15, -0.1) is 0 Å². The van der Waals surface area contributed by atoms with Crippen molar-refractivity contribution in [1.29, 1.82) is 5.26 Å². The highest BCUT2D eigenvalue weighted by molar-refractivity contribution is 5.97. The van der Waals surface area contributed by atoms with E-state index in [1.165, 1.54) is 11.8 Å². The molecule has 1 aromatic carbocycles. The van der Waals surface area contributed by atoms with Crippen molar-refractivity contribution in [2.45, 2.75) is 46.6 Å². The predicted octanol–water partition coefficient (Wildman–Crippen LogP) is 3.47. The smallest absolute Gasteiger partial charge is 0.263 e.